The van der Waals surface area contributed by atoms with E-state index in [0.29, 0.717) is 16.5 Å². The fourth-order valence-electron chi connectivity index (χ4n) is 2.01. The second-order valence-electron chi connectivity index (χ2n) is 5.02. The summed E-state index contributed by atoms with van der Waals surface area (Å²) in [6.07, 6.45) is 1.30. The number of hydrogen-bond donors (Lipinski definition) is 3. The highest BCUT2D eigenvalue weighted by atomic mass is 35.5. The van der Waals surface area contributed by atoms with E-state index in [1.165, 1.54) is 6.26 Å². The molecule has 0 bridgehead atoms. The number of carbonyl (C=O) groups excluding carboxylic acids is 1. The summed E-state index contributed by atoms with van der Waals surface area (Å²) in [6, 6.07) is 7.57. The molecule has 1 unspecified atom stereocenters. The Hall–Kier alpha value is -2.31. The first-order valence-corrected chi connectivity index (χ1v) is 7.38. The molecule has 1 heterocycles. The van der Waals surface area contributed by atoms with Crippen molar-refractivity contribution in [1.82, 2.24) is 5.32 Å². The van der Waals surface area contributed by atoms with Crippen LogP contribution in [0.2, 0.25) is 5.02 Å². The minimum Gasteiger partial charge on any atom is -0.480 e. The van der Waals surface area contributed by atoms with Gasteiger partial charge in [-0.05, 0) is 36.8 Å². The van der Waals surface area contributed by atoms with E-state index >= 15 is 0 Å². The van der Waals surface area contributed by atoms with Gasteiger partial charge in [0.25, 0.3) is 0 Å². The first-order valence-electron chi connectivity index (χ1n) is 7.01. The Kier molecular flexibility index (Phi) is 5.78. The third kappa shape index (κ3) is 4.84. The number of carboxylic acid groups (broad SMARTS) is 1. The molecular formula is C16H17ClN2O4. The van der Waals surface area contributed by atoms with Crippen molar-refractivity contribution in [2.75, 3.05) is 5.32 Å². The van der Waals surface area contributed by atoms with Gasteiger partial charge in [-0.3, -0.25) is 14.9 Å². The minimum atomic E-state index is -1.10. The monoisotopic (exact) mass is 336 g/mol. The van der Waals surface area contributed by atoms with E-state index in [1.54, 1.807) is 37.3 Å². The molecule has 122 valence electrons. The van der Waals surface area contributed by atoms with E-state index in [4.69, 9.17) is 16.0 Å². The van der Waals surface area contributed by atoms with Gasteiger partial charge < -0.3 is 14.8 Å². The highest BCUT2D eigenvalue weighted by Gasteiger charge is 2.21. The van der Waals surface area contributed by atoms with Crippen molar-refractivity contribution in [3.8, 4) is 0 Å². The van der Waals surface area contributed by atoms with E-state index < -0.39 is 17.9 Å². The number of furan rings is 1. The maximum atomic E-state index is 12.1. The summed E-state index contributed by atoms with van der Waals surface area (Å²) >= 11 is 5.99. The molecule has 0 radical (unpaired) electrons. The van der Waals surface area contributed by atoms with E-state index in [9.17, 15) is 14.7 Å². The fraction of sp³-hybridized carbons (Fsp3) is 0.250. The molecule has 0 aliphatic heterocycles. The van der Waals surface area contributed by atoms with Gasteiger partial charge >= 0.3 is 5.97 Å². The van der Waals surface area contributed by atoms with Gasteiger partial charge in [0.15, 0.2) is 0 Å². The predicted octanol–water partition coefficient (Wildman–Crippen LogP) is 2.81. The minimum absolute atomic E-state index is 0.206. The number of amides is 1. The van der Waals surface area contributed by atoms with Crippen molar-refractivity contribution in [3.05, 3.63) is 52.9 Å². The lowest BCUT2D eigenvalue weighted by atomic mass is 10.1. The van der Waals surface area contributed by atoms with Gasteiger partial charge in [0.1, 0.15) is 11.8 Å². The number of rotatable bonds is 7. The molecule has 0 spiro atoms. The largest absolute Gasteiger partial charge is 0.480 e. The normalized spacial score (nSPS) is 11.9. The Balaban J connectivity index is 1.95. The molecule has 0 aliphatic carbocycles. The number of halogens is 1. The molecule has 1 amide bonds. The third-order valence-corrected chi connectivity index (χ3v) is 3.74. The second kappa shape index (κ2) is 7.80. The average molecular weight is 337 g/mol. The molecule has 1 aromatic heterocycles. The molecule has 23 heavy (non-hydrogen) atoms. The first-order chi connectivity index (χ1) is 11.0. The van der Waals surface area contributed by atoms with Crippen LogP contribution in [0.5, 0.6) is 0 Å². The molecule has 0 aliphatic rings. The molecule has 7 heteroatoms. The van der Waals surface area contributed by atoms with Gasteiger partial charge in [-0.1, -0.05) is 17.7 Å². The van der Waals surface area contributed by atoms with Crippen LogP contribution in [-0.2, 0) is 16.1 Å². The van der Waals surface area contributed by atoms with Gasteiger partial charge in [-0.2, -0.15) is 0 Å². The zero-order valence-corrected chi connectivity index (χ0v) is 13.3. The maximum absolute atomic E-state index is 12.1. The number of anilines is 1. The highest BCUT2D eigenvalue weighted by molar-refractivity contribution is 6.31. The fourth-order valence-corrected chi connectivity index (χ4v) is 2.19. The summed E-state index contributed by atoms with van der Waals surface area (Å²) < 4.78 is 5.12. The SMILES string of the molecule is Cc1c(Cl)cccc1NC(=O)CC(NCc1ccco1)C(=O)O. The van der Waals surface area contributed by atoms with Crippen LogP contribution in [0.4, 0.5) is 5.69 Å². The summed E-state index contributed by atoms with van der Waals surface area (Å²) in [6.45, 7) is 2.01. The summed E-state index contributed by atoms with van der Waals surface area (Å²) in [5.41, 5.74) is 1.30. The van der Waals surface area contributed by atoms with Crippen molar-refractivity contribution in [1.29, 1.82) is 0 Å². The molecule has 1 aromatic carbocycles. The highest BCUT2D eigenvalue weighted by Crippen LogP contribution is 2.23. The van der Waals surface area contributed by atoms with Crippen LogP contribution in [0.25, 0.3) is 0 Å². The van der Waals surface area contributed by atoms with Crippen LogP contribution in [0.3, 0.4) is 0 Å². The van der Waals surface area contributed by atoms with Crippen LogP contribution >= 0.6 is 11.6 Å². The number of nitrogens with one attached hydrogen (secondary N) is 2. The summed E-state index contributed by atoms with van der Waals surface area (Å²) in [5, 5.41) is 15.2. The van der Waals surface area contributed by atoms with Crippen molar-refractivity contribution in [2.45, 2.75) is 25.9 Å². The van der Waals surface area contributed by atoms with Crippen LogP contribution in [0, 0.1) is 6.92 Å². The molecule has 3 N–H and O–H groups in total. The van der Waals surface area contributed by atoms with Crippen LogP contribution in [-0.4, -0.2) is 23.0 Å². The van der Waals surface area contributed by atoms with Gasteiger partial charge in [-0.15, -0.1) is 0 Å². The average Bonchev–Trinajstić information content (AvgIpc) is 3.01. The van der Waals surface area contributed by atoms with Crippen molar-refractivity contribution in [3.63, 3.8) is 0 Å². The molecule has 2 rings (SSSR count). The second-order valence-corrected chi connectivity index (χ2v) is 5.42. The topological polar surface area (TPSA) is 91.6 Å². The zero-order valence-electron chi connectivity index (χ0n) is 12.5. The molecule has 0 saturated carbocycles. The standard InChI is InChI=1S/C16H17ClN2O4/c1-10-12(17)5-2-6-13(10)19-15(20)8-14(16(21)22)18-9-11-4-3-7-23-11/h2-7,14,18H,8-9H2,1H3,(H,19,20)(H,21,22). The van der Waals surface area contributed by atoms with Gasteiger partial charge in [0, 0.05) is 10.7 Å². The van der Waals surface area contributed by atoms with E-state index in [0.717, 1.165) is 5.56 Å². The van der Waals surface area contributed by atoms with Crippen molar-refractivity contribution < 1.29 is 19.1 Å². The number of carbonyl (C=O) groups is 2. The van der Waals surface area contributed by atoms with Crippen LogP contribution < -0.4 is 10.6 Å². The lowest BCUT2D eigenvalue weighted by molar-refractivity contribution is -0.141. The van der Waals surface area contributed by atoms with Gasteiger partial charge in [0.05, 0.1) is 19.2 Å². The third-order valence-electron chi connectivity index (χ3n) is 3.33. The van der Waals surface area contributed by atoms with Crippen molar-refractivity contribution >= 4 is 29.2 Å². The summed E-state index contributed by atoms with van der Waals surface area (Å²) in [7, 11) is 0. The Morgan fingerprint density at radius 3 is 2.74 bits per heavy atom. The molecule has 0 fully saturated rings. The summed E-state index contributed by atoms with van der Waals surface area (Å²) in [5.74, 6) is -0.911. The Morgan fingerprint density at radius 2 is 2.09 bits per heavy atom. The quantitative estimate of drug-likeness (QED) is 0.723. The summed E-state index contributed by atoms with van der Waals surface area (Å²) in [4.78, 5) is 23.3. The van der Waals surface area contributed by atoms with E-state index in [1.807, 2.05) is 0 Å². The van der Waals surface area contributed by atoms with Crippen LogP contribution in [0.1, 0.15) is 17.7 Å². The van der Waals surface area contributed by atoms with Gasteiger partial charge in [0.2, 0.25) is 5.91 Å². The van der Waals surface area contributed by atoms with Crippen LogP contribution in [0.15, 0.2) is 41.0 Å². The Morgan fingerprint density at radius 1 is 1.30 bits per heavy atom. The number of carboxylic acids is 1. The Labute approximate surface area is 138 Å². The van der Waals surface area contributed by atoms with E-state index in [-0.39, 0.29) is 13.0 Å². The lowest BCUT2D eigenvalue weighted by Crippen LogP contribution is -2.39. The number of benzene rings is 1. The molecular weight excluding hydrogens is 320 g/mol. The maximum Gasteiger partial charge on any atom is 0.321 e. The lowest BCUT2D eigenvalue weighted by Gasteiger charge is -2.14. The number of aliphatic carboxylic acids is 1. The Bertz CT molecular complexity index is 685. The molecule has 6 nitrogen and oxygen atoms in total. The molecule has 0 saturated heterocycles. The van der Waals surface area contributed by atoms with E-state index in [2.05, 4.69) is 10.6 Å². The van der Waals surface area contributed by atoms with Crippen molar-refractivity contribution in [2.24, 2.45) is 0 Å². The zero-order chi connectivity index (χ0) is 16.8. The smallest absolute Gasteiger partial charge is 0.321 e. The molecule has 1 atom stereocenters. The predicted molar refractivity (Wildman–Crippen MR) is 86.4 cm³/mol. The first kappa shape index (κ1) is 17.1. The molecule has 2 aromatic rings. The number of hydrogen-bond acceptors (Lipinski definition) is 4. The van der Waals surface area contributed by atoms with Gasteiger partial charge in [-0.25, -0.2) is 0 Å².